The van der Waals surface area contributed by atoms with E-state index in [2.05, 4.69) is 16.7 Å². The Labute approximate surface area is 175 Å². The number of imidazole rings is 1. The first kappa shape index (κ1) is 18.8. The van der Waals surface area contributed by atoms with Crippen molar-refractivity contribution in [2.45, 2.75) is 51.0 Å². The van der Waals surface area contributed by atoms with E-state index < -0.39 is 0 Å². The van der Waals surface area contributed by atoms with Gasteiger partial charge < -0.3 is 9.64 Å². The van der Waals surface area contributed by atoms with Gasteiger partial charge in [-0.3, -0.25) is 9.20 Å². The van der Waals surface area contributed by atoms with E-state index in [0.29, 0.717) is 18.4 Å². The van der Waals surface area contributed by atoms with E-state index in [0.717, 1.165) is 30.6 Å². The van der Waals surface area contributed by atoms with Crippen LogP contribution in [0.25, 0.3) is 4.83 Å². The van der Waals surface area contributed by atoms with Crippen LogP contribution in [0.15, 0.2) is 29.6 Å². The molecule has 5 rings (SSSR count). The summed E-state index contributed by atoms with van der Waals surface area (Å²) in [5.41, 5.74) is 4.33. The summed E-state index contributed by atoms with van der Waals surface area (Å²) in [4.78, 5) is 21.4. The highest BCUT2D eigenvalue weighted by Gasteiger charge is 2.34. The van der Waals surface area contributed by atoms with E-state index in [4.69, 9.17) is 9.72 Å². The molecule has 3 heterocycles. The molecular formula is C23H27N3O2S. The maximum Gasteiger partial charge on any atom is 0.253 e. The molecule has 1 aliphatic heterocycles. The molecule has 1 saturated heterocycles. The van der Waals surface area contributed by atoms with E-state index in [1.54, 1.807) is 18.4 Å². The first-order chi connectivity index (χ1) is 14.2. The van der Waals surface area contributed by atoms with Gasteiger partial charge in [0.15, 0.2) is 0 Å². The smallest absolute Gasteiger partial charge is 0.253 e. The fourth-order valence-corrected chi connectivity index (χ4v) is 5.62. The van der Waals surface area contributed by atoms with Crippen LogP contribution in [0.4, 0.5) is 0 Å². The maximum atomic E-state index is 13.0. The molecule has 1 atom stereocenters. The van der Waals surface area contributed by atoms with Crippen LogP contribution in [0.3, 0.4) is 0 Å². The van der Waals surface area contributed by atoms with Gasteiger partial charge >= 0.3 is 0 Å². The van der Waals surface area contributed by atoms with E-state index in [1.807, 2.05) is 29.2 Å². The van der Waals surface area contributed by atoms with Crippen LogP contribution in [0.5, 0.6) is 0 Å². The van der Waals surface area contributed by atoms with Gasteiger partial charge in [0, 0.05) is 48.7 Å². The van der Waals surface area contributed by atoms with Crippen LogP contribution in [-0.2, 0) is 11.3 Å². The minimum absolute atomic E-state index is 0.119. The SMILES string of the molecule is COCc1ccc(C(=O)N2CCC(c3nc(C4CCC4)n4c(C)csc34)C2)cc1. The molecule has 0 bridgehead atoms. The molecule has 1 aliphatic carbocycles. The molecule has 1 amide bonds. The number of amides is 1. The number of carbonyl (C=O) groups excluding carboxylic acids is 1. The minimum Gasteiger partial charge on any atom is -0.380 e. The second-order valence-electron chi connectivity index (χ2n) is 8.37. The van der Waals surface area contributed by atoms with E-state index >= 15 is 0 Å². The van der Waals surface area contributed by atoms with Gasteiger partial charge in [0.1, 0.15) is 10.7 Å². The molecule has 3 aromatic rings. The molecule has 5 nitrogen and oxygen atoms in total. The Morgan fingerprint density at radius 1 is 1.21 bits per heavy atom. The zero-order chi connectivity index (χ0) is 20.0. The van der Waals surface area contributed by atoms with Crippen LogP contribution in [-0.4, -0.2) is 40.4 Å². The summed E-state index contributed by atoms with van der Waals surface area (Å²) < 4.78 is 7.53. The number of methoxy groups -OCH3 is 1. The number of rotatable bonds is 5. The predicted octanol–water partition coefficient (Wildman–Crippen LogP) is 4.75. The molecule has 2 aliphatic rings. The third-order valence-electron chi connectivity index (χ3n) is 6.42. The molecular weight excluding hydrogens is 382 g/mol. The van der Waals surface area contributed by atoms with E-state index in [9.17, 15) is 4.79 Å². The Morgan fingerprint density at radius 2 is 2.00 bits per heavy atom. The van der Waals surface area contributed by atoms with Crippen LogP contribution in [0.1, 0.15) is 70.7 Å². The summed E-state index contributed by atoms with van der Waals surface area (Å²) >= 11 is 1.80. The molecule has 1 saturated carbocycles. The van der Waals surface area contributed by atoms with Gasteiger partial charge in [-0.25, -0.2) is 4.98 Å². The van der Waals surface area contributed by atoms with Crippen LogP contribution in [0.2, 0.25) is 0 Å². The Hall–Kier alpha value is -2.18. The summed E-state index contributed by atoms with van der Waals surface area (Å²) in [5, 5.41) is 2.24. The Balaban J connectivity index is 1.36. The van der Waals surface area contributed by atoms with Crippen LogP contribution < -0.4 is 0 Å². The zero-order valence-electron chi connectivity index (χ0n) is 17.1. The number of ether oxygens (including phenoxy) is 1. The predicted molar refractivity (Wildman–Crippen MR) is 115 cm³/mol. The lowest BCUT2D eigenvalue weighted by molar-refractivity contribution is 0.0790. The number of aromatic nitrogens is 2. The second-order valence-corrected chi connectivity index (χ2v) is 9.23. The molecule has 0 radical (unpaired) electrons. The lowest BCUT2D eigenvalue weighted by Gasteiger charge is -2.24. The quantitative estimate of drug-likeness (QED) is 0.611. The Bertz CT molecular complexity index is 1030. The van der Waals surface area contributed by atoms with Crippen LogP contribution >= 0.6 is 11.3 Å². The van der Waals surface area contributed by atoms with Gasteiger partial charge in [-0.15, -0.1) is 11.3 Å². The monoisotopic (exact) mass is 409 g/mol. The molecule has 6 heteroatoms. The number of benzene rings is 1. The molecule has 0 N–H and O–H groups in total. The van der Waals surface area contributed by atoms with Crippen molar-refractivity contribution in [2.75, 3.05) is 20.2 Å². The summed E-state index contributed by atoms with van der Waals surface area (Å²) in [7, 11) is 1.68. The fourth-order valence-electron chi connectivity index (χ4n) is 4.55. The standard InChI is InChI=1S/C23H27N3O2S/c1-15-14-29-23-20(24-21(26(15)23)17-4-3-5-17)19-10-11-25(12-19)22(27)18-8-6-16(7-9-18)13-28-2/h6-9,14,17,19H,3-5,10-13H2,1-2H3. The van der Waals surface area contributed by atoms with Gasteiger partial charge in [-0.05, 0) is 43.9 Å². The lowest BCUT2D eigenvalue weighted by atomic mass is 9.85. The zero-order valence-corrected chi connectivity index (χ0v) is 17.9. The topological polar surface area (TPSA) is 46.8 Å². The van der Waals surface area contributed by atoms with Crippen molar-refractivity contribution in [3.8, 4) is 0 Å². The number of nitrogens with zero attached hydrogens (tertiary/aromatic N) is 3. The number of carbonyl (C=O) groups is 1. The second kappa shape index (κ2) is 7.58. The normalized spacial score (nSPS) is 19.8. The Morgan fingerprint density at radius 3 is 2.69 bits per heavy atom. The number of hydrogen-bond donors (Lipinski definition) is 0. The van der Waals surface area contributed by atoms with E-state index in [1.165, 1.54) is 41.3 Å². The summed E-state index contributed by atoms with van der Waals surface area (Å²) in [6.45, 7) is 4.30. The van der Waals surface area contributed by atoms with Gasteiger partial charge in [0.05, 0.1) is 12.3 Å². The molecule has 2 aromatic heterocycles. The lowest BCUT2D eigenvalue weighted by Crippen LogP contribution is -2.28. The molecule has 29 heavy (non-hydrogen) atoms. The van der Waals surface area contributed by atoms with Crippen molar-refractivity contribution in [3.05, 3.63) is 58.0 Å². The highest BCUT2D eigenvalue weighted by Crippen LogP contribution is 2.41. The van der Waals surface area contributed by atoms with Gasteiger partial charge in [0.25, 0.3) is 5.91 Å². The largest absolute Gasteiger partial charge is 0.380 e. The third kappa shape index (κ3) is 3.28. The molecule has 152 valence electrons. The van der Waals surface area contributed by atoms with Crippen molar-refractivity contribution in [1.29, 1.82) is 0 Å². The molecule has 2 fully saturated rings. The van der Waals surface area contributed by atoms with Gasteiger partial charge in [-0.2, -0.15) is 0 Å². The molecule has 1 aromatic carbocycles. The van der Waals surface area contributed by atoms with Crippen molar-refractivity contribution in [2.24, 2.45) is 0 Å². The number of hydrogen-bond acceptors (Lipinski definition) is 4. The fraction of sp³-hybridized carbons (Fsp3) is 0.478. The Kier molecular flexibility index (Phi) is 4.92. The molecule has 0 spiro atoms. The van der Waals surface area contributed by atoms with Crippen molar-refractivity contribution in [1.82, 2.24) is 14.3 Å². The molecule has 1 unspecified atom stereocenters. The number of likely N-dealkylation sites (tertiary alicyclic amines) is 1. The summed E-state index contributed by atoms with van der Waals surface area (Å²) in [6, 6.07) is 7.78. The highest BCUT2D eigenvalue weighted by molar-refractivity contribution is 7.15. The average Bonchev–Trinajstić information content (AvgIpc) is 3.39. The van der Waals surface area contributed by atoms with E-state index in [-0.39, 0.29) is 5.91 Å². The average molecular weight is 410 g/mol. The summed E-state index contributed by atoms with van der Waals surface area (Å²) in [6.07, 6.45) is 4.80. The van der Waals surface area contributed by atoms with Crippen molar-refractivity contribution >= 4 is 22.1 Å². The van der Waals surface area contributed by atoms with Crippen molar-refractivity contribution < 1.29 is 9.53 Å². The maximum absolute atomic E-state index is 13.0. The number of thiazole rings is 1. The number of aryl methyl sites for hydroxylation is 1. The van der Waals surface area contributed by atoms with Crippen LogP contribution in [0, 0.1) is 6.92 Å². The minimum atomic E-state index is 0.119. The van der Waals surface area contributed by atoms with Gasteiger partial charge in [-0.1, -0.05) is 18.6 Å². The summed E-state index contributed by atoms with van der Waals surface area (Å²) in [5.74, 6) is 2.30. The third-order valence-corrected chi connectivity index (χ3v) is 7.50. The number of fused-ring (bicyclic) bond motifs is 1. The first-order valence-corrected chi connectivity index (χ1v) is 11.4. The first-order valence-electron chi connectivity index (χ1n) is 10.5. The van der Waals surface area contributed by atoms with Gasteiger partial charge in [0.2, 0.25) is 0 Å². The van der Waals surface area contributed by atoms with Crippen molar-refractivity contribution in [3.63, 3.8) is 0 Å². The highest BCUT2D eigenvalue weighted by atomic mass is 32.1.